The maximum Gasteiger partial charge on any atom is 0.153 e. The number of imidazole rings is 1. The Labute approximate surface area is 160 Å². The molecule has 1 aromatic heterocycles. The van der Waals surface area contributed by atoms with Gasteiger partial charge >= 0.3 is 0 Å². The van der Waals surface area contributed by atoms with Gasteiger partial charge in [0.05, 0.1) is 12.2 Å². The van der Waals surface area contributed by atoms with Gasteiger partial charge in [-0.1, -0.05) is 33.9 Å². The van der Waals surface area contributed by atoms with E-state index in [1.165, 1.54) is 5.57 Å². The molecule has 0 atom stereocenters. The molecule has 0 unspecified atom stereocenters. The van der Waals surface area contributed by atoms with E-state index in [0.717, 1.165) is 29.6 Å². The van der Waals surface area contributed by atoms with Crippen molar-refractivity contribution in [2.45, 2.75) is 20.8 Å². The summed E-state index contributed by atoms with van der Waals surface area (Å²) in [6.07, 6.45) is 5.56. The number of nitrogens with zero attached hydrogens (tertiary/aromatic N) is 2. The number of H-pyrrole nitrogens is 1. The Bertz CT molecular complexity index is 880. The van der Waals surface area contributed by atoms with Crippen LogP contribution in [-0.4, -0.2) is 22.3 Å². The molecule has 1 aromatic carbocycles. The van der Waals surface area contributed by atoms with E-state index in [9.17, 15) is 0 Å². The maximum absolute atomic E-state index is 4.52. The fourth-order valence-electron chi connectivity index (χ4n) is 2.62. The average molecular weight is 362 g/mol. The molecule has 3 rings (SSSR count). The molecule has 0 radical (unpaired) electrons. The summed E-state index contributed by atoms with van der Waals surface area (Å²) >= 11 is 0. The second-order valence-corrected chi connectivity index (χ2v) is 7.47. The zero-order valence-electron chi connectivity index (χ0n) is 16.1. The van der Waals surface area contributed by atoms with Crippen LogP contribution in [-0.2, 0) is 0 Å². The van der Waals surface area contributed by atoms with Gasteiger partial charge in [0.25, 0.3) is 0 Å². The summed E-state index contributed by atoms with van der Waals surface area (Å²) in [5.41, 5.74) is 4.01. The normalized spacial score (nSPS) is 13.6. The Hall–Kier alpha value is -3.28. The number of nitrogens with one attached hydrogen (secondary N) is 4. The van der Waals surface area contributed by atoms with Crippen LogP contribution in [0, 0.1) is 5.41 Å². The number of hydrogen-bond donors (Lipinski definition) is 4. The lowest BCUT2D eigenvalue weighted by Crippen LogP contribution is -2.24. The molecule has 4 N–H and O–H groups in total. The van der Waals surface area contributed by atoms with Crippen molar-refractivity contribution >= 4 is 22.9 Å². The number of aromatic amines is 1. The Morgan fingerprint density at radius 3 is 2.26 bits per heavy atom. The lowest BCUT2D eigenvalue weighted by Gasteiger charge is -2.18. The van der Waals surface area contributed by atoms with Crippen LogP contribution in [0.2, 0.25) is 0 Å². The SMILES string of the molecule is C=C(NC1=NCC(C(C)(C)C)=C1)Nc1ccc(NC(=C)c2ncc[nH]2)cc1. The van der Waals surface area contributed by atoms with Crippen molar-refractivity contribution in [2.75, 3.05) is 17.2 Å². The van der Waals surface area contributed by atoms with Crippen molar-refractivity contribution in [3.05, 3.63) is 73.1 Å². The Kier molecular flexibility index (Phi) is 5.16. The van der Waals surface area contributed by atoms with Crippen LogP contribution in [0.4, 0.5) is 11.4 Å². The molecule has 0 amide bonds. The molecule has 0 spiro atoms. The molecule has 0 bridgehead atoms. The fourth-order valence-corrected chi connectivity index (χ4v) is 2.62. The highest BCUT2D eigenvalue weighted by Crippen LogP contribution is 2.27. The van der Waals surface area contributed by atoms with Crippen molar-refractivity contribution in [3.8, 4) is 0 Å². The van der Waals surface area contributed by atoms with Gasteiger partial charge in [-0.15, -0.1) is 0 Å². The molecule has 1 aliphatic rings. The van der Waals surface area contributed by atoms with E-state index < -0.39 is 0 Å². The van der Waals surface area contributed by atoms with Gasteiger partial charge in [0.1, 0.15) is 11.7 Å². The molecule has 6 heteroatoms. The predicted octanol–water partition coefficient (Wildman–Crippen LogP) is 4.35. The largest absolute Gasteiger partial charge is 0.353 e. The van der Waals surface area contributed by atoms with Crippen LogP contribution in [0.25, 0.3) is 5.70 Å². The van der Waals surface area contributed by atoms with Crippen molar-refractivity contribution in [2.24, 2.45) is 10.4 Å². The lowest BCUT2D eigenvalue weighted by atomic mass is 9.87. The number of anilines is 2. The molecule has 0 aliphatic carbocycles. The summed E-state index contributed by atoms with van der Waals surface area (Å²) in [5.74, 6) is 2.24. The van der Waals surface area contributed by atoms with Crippen LogP contribution in [0.1, 0.15) is 26.6 Å². The summed E-state index contributed by atoms with van der Waals surface area (Å²) in [6.45, 7) is 15.3. The number of aliphatic imine (C=N–C) groups is 1. The molecule has 2 aromatic rings. The number of rotatable bonds is 6. The highest BCUT2D eigenvalue weighted by Gasteiger charge is 2.20. The Balaban J connectivity index is 1.53. The summed E-state index contributed by atoms with van der Waals surface area (Å²) in [6, 6.07) is 7.87. The smallest absolute Gasteiger partial charge is 0.153 e. The molecular weight excluding hydrogens is 336 g/mol. The lowest BCUT2D eigenvalue weighted by molar-refractivity contribution is 0.499. The minimum Gasteiger partial charge on any atom is -0.353 e. The van der Waals surface area contributed by atoms with Gasteiger partial charge in [0, 0.05) is 23.8 Å². The van der Waals surface area contributed by atoms with E-state index in [1.807, 2.05) is 24.3 Å². The zero-order valence-corrected chi connectivity index (χ0v) is 16.1. The first-order valence-corrected chi connectivity index (χ1v) is 8.85. The van der Waals surface area contributed by atoms with Crippen LogP contribution >= 0.6 is 0 Å². The fraction of sp³-hybridized carbons (Fsp3) is 0.238. The van der Waals surface area contributed by atoms with Gasteiger partial charge in [0.2, 0.25) is 0 Å². The van der Waals surface area contributed by atoms with Crippen molar-refractivity contribution in [3.63, 3.8) is 0 Å². The van der Waals surface area contributed by atoms with E-state index in [-0.39, 0.29) is 5.41 Å². The molecule has 0 saturated heterocycles. The van der Waals surface area contributed by atoms with Crippen molar-refractivity contribution < 1.29 is 0 Å². The van der Waals surface area contributed by atoms with E-state index >= 15 is 0 Å². The van der Waals surface area contributed by atoms with E-state index in [4.69, 9.17) is 0 Å². The molecule has 27 heavy (non-hydrogen) atoms. The first-order chi connectivity index (χ1) is 12.8. The van der Waals surface area contributed by atoms with Crippen LogP contribution in [0.3, 0.4) is 0 Å². The quantitative estimate of drug-likeness (QED) is 0.616. The minimum absolute atomic E-state index is 0.129. The third-order valence-electron chi connectivity index (χ3n) is 4.23. The molecule has 2 heterocycles. The summed E-state index contributed by atoms with van der Waals surface area (Å²) < 4.78 is 0. The van der Waals surface area contributed by atoms with Gasteiger partial charge in [-0.25, -0.2) is 4.98 Å². The van der Waals surface area contributed by atoms with Crippen LogP contribution < -0.4 is 16.0 Å². The highest BCUT2D eigenvalue weighted by atomic mass is 15.1. The number of benzene rings is 1. The number of aromatic nitrogens is 2. The minimum atomic E-state index is 0.129. The predicted molar refractivity (Wildman–Crippen MR) is 113 cm³/mol. The van der Waals surface area contributed by atoms with E-state index in [2.05, 4.69) is 70.9 Å². The van der Waals surface area contributed by atoms with Gasteiger partial charge < -0.3 is 20.9 Å². The summed E-state index contributed by atoms with van der Waals surface area (Å²) in [5, 5.41) is 9.69. The Morgan fingerprint density at radius 2 is 1.70 bits per heavy atom. The van der Waals surface area contributed by atoms with E-state index in [1.54, 1.807) is 12.4 Å². The van der Waals surface area contributed by atoms with Gasteiger partial charge in [0.15, 0.2) is 5.82 Å². The first kappa shape index (κ1) is 18.5. The monoisotopic (exact) mass is 362 g/mol. The third kappa shape index (κ3) is 4.88. The van der Waals surface area contributed by atoms with Crippen LogP contribution in [0.15, 0.2) is 72.3 Å². The maximum atomic E-state index is 4.52. The van der Waals surface area contributed by atoms with Gasteiger partial charge in [-0.2, -0.15) is 0 Å². The zero-order chi connectivity index (χ0) is 19.4. The van der Waals surface area contributed by atoms with E-state index in [0.29, 0.717) is 11.5 Å². The molecule has 6 nitrogen and oxygen atoms in total. The second kappa shape index (κ2) is 7.53. The second-order valence-electron chi connectivity index (χ2n) is 7.47. The molecule has 0 saturated carbocycles. The molecule has 0 fully saturated rings. The summed E-state index contributed by atoms with van der Waals surface area (Å²) in [7, 11) is 0. The highest BCUT2D eigenvalue weighted by molar-refractivity contribution is 5.97. The summed E-state index contributed by atoms with van der Waals surface area (Å²) in [4.78, 5) is 11.7. The van der Waals surface area contributed by atoms with Gasteiger partial charge in [-0.3, -0.25) is 4.99 Å². The molecule has 1 aliphatic heterocycles. The van der Waals surface area contributed by atoms with Crippen LogP contribution in [0.5, 0.6) is 0 Å². The number of hydrogen-bond acceptors (Lipinski definition) is 5. The number of amidine groups is 1. The average Bonchev–Trinajstić information content (AvgIpc) is 3.27. The molecular formula is C21H26N6. The van der Waals surface area contributed by atoms with Gasteiger partial charge in [-0.05, 0) is 41.3 Å². The Morgan fingerprint density at radius 1 is 1.04 bits per heavy atom. The first-order valence-electron chi connectivity index (χ1n) is 8.85. The third-order valence-corrected chi connectivity index (χ3v) is 4.23. The standard InChI is InChI=1S/C21H26N6/c1-14(20-22-10-11-23-20)25-17-6-8-18(9-7-17)26-15(2)27-19-12-16(13-24-19)21(3,4)5/h6-12,25-26H,1-2,13H2,3-5H3,(H,22,23)(H,24,27). The molecule has 140 valence electrons. The topological polar surface area (TPSA) is 77.1 Å². The van der Waals surface area contributed by atoms with Crippen molar-refractivity contribution in [1.29, 1.82) is 0 Å². The van der Waals surface area contributed by atoms with Crippen molar-refractivity contribution in [1.82, 2.24) is 15.3 Å².